The zero-order valence-electron chi connectivity index (χ0n) is 12.0. The van der Waals surface area contributed by atoms with E-state index in [-0.39, 0.29) is 5.91 Å². The van der Waals surface area contributed by atoms with Crippen LogP contribution in [0, 0.1) is 11.8 Å². The summed E-state index contributed by atoms with van der Waals surface area (Å²) in [5, 5.41) is 3.16. The standard InChI is InChI=1S/C14H28N2O2/c1-11(2)6-9-18-10-7-12-5-4-8-14(12,16-3)13(15)17/h11-12,16H,4-10H2,1-3H3,(H2,15,17). The molecule has 0 aliphatic heterocycles. The molecule has 3 N–H and O–H groups in total. The van der Waals surface area contributed by atoms with Gasteiger partial charge in [0.1, 0.15) is 5.54 Å². The topological polar surface area (TPSA) is 64.3 Å². The van der Waals surface area contributed by atoms with Crippen molar-refractivity contribution in [2.45, 2.75) is 51.5 Å². The second-order valence-corrected chi connectivity index (χ2v) is 5.76. The lowest BCUT2D eigenvalue weighted by Gasteiger charge is -2.32. The fourth-order valence-corrected chi connectivity index (χ4v) is 2.89. The molecule has 18 heavy (non-hydrogen) atoms. The first kappa shape index (κ1) is 15.4. The van der Waals surface area contributed by atoms with Gasteiger partial charge in [0.05, 0.1) is 0 Å². The van der Waals surface area contributed by atoms with Crippen LogP contribution in [0.2, 0.25) is 0 Å². The zero-order valence-corrected chi connectivity index (χ0v) is 12.0. The first-order chi connectivity index (χ1) is 8.53. The third-order valence-corrected chi connectivity index (χ3v) is 4.16. The van der Waals surface area contributed by atoms with Crippen LogP contribution < -0.4 is 11.1 Å². The Morgan fingerprint density at radius 2 is 2.22 bits per heavy atom. The first-order valence-corrected chi connectivity index (χ1v) is 7.09. The van der Waals surface area contributed by atoms with E-state index in [0.29, 0.717) is 11.8 Å². The van der Waals surface area contributed by atoms with Crippen molar-refractivity contribution in [2.75, 3.05) is 20.3 Å². The number of amides is 1. The van der Waals surface area contributed by atoms with Gasteiger partial charge in [0.15, 0.2) is 0 Å². The normalized spacial score (nSPS) is 27.9. The van der Waals surface area contributed by atoms with Crippen LogP contribution in [0.3, 0.4) is 0 Å². The minimum absolute atomic E-state index is 0.213. The van der Waals surface area contributed by atoms with Crippen molar-refractivity contribution in [3.63, 3.8) is 0 Å². The highest BCUT2D eigenvalue weighted by Gasteiger charge is 2.46. The first-order valence-electron chi connectivity index (χ1n) is 7.09. The van der Waals surface area contributed by atoms with Gasteiger partial charge in [-0.2, -0.15) is 0 Å². The smallest absolute Gasteiger partial charge is 0.238 e. The molecule has 1 aliphatic carbocycles. The average Bonchev–Trinajstić information content (AvgIpc) is 2.72. The molecule has 1 amide bonds. The summed E-state index contributed by atoms with van der Waals surface area (Å²) in [4.78, 5) is 11.7. The van der Waals surface area contributed by atoms with E-state index in [4.69, 9.17) is 10.5 Å². The summed E-state index contributed by atoms with van der Waals surface area (Å²) in [5.41, 5.74) is 5.06. The van der Waals surface area contributed by atoms with Crippen LogP contribution in [-0.2, 0) is 9.53 Å². The van der Waals surface area contributed by atoms with Crippen LogP contribution in [-0.4, -0.2) is 31.7 Å². The molecule has 1 saturated carbocycles. The Labute approximate surface area is 111 Å². The number of nitrogens with two attached hydrogens (primary N) is 1. The number of primary amides is 1. The van der Waals surface area contributed by atoms with Crippen LogP contribution in [0.25, 0.3) is 0 Å². The van der Waals surface area contributed by atoms with E-state index in [1.807, 2.05) is 7.05 Å². The van der Waals surface area contributed by atoms with E-state index in [9.17, 15) is 4.79 Å². The van der Waals surface area contributed by atoms with Crippen molar-refractivity contribution in [1.82, 2.24) is 5.32 Å². The van der Waals surface area contributed by atoms with E-state index in [0.717, 1.165) is 45.3 Å². The van der Waals surface area contributed by atoms with E-state index in [1.54, 1.807) is 0 Å². The molecule has 0 spiro atoms. The second-order valence-electron chi connectivity index (χ2n) is 5.76. The maximum Gasteiger partial charge on any atom is 0.238 e. The molecular weight excluding hydrogens is 228 g/mol. The number of carbonyl (C=O) groups is 1. The summed E-state index contributed by atoms with van der Waals surface area (Å²) < 4.78 is 5.64. The molecule has 2 unspecified atom stereocenters. The largest absolute Gasteiger partial charge is 0.381 e. The van der Waals surface area contributed by atoms with Gasteiger partial charge < -0.3 is 15.8 Å². The van der Waals surface area contributed by atoms with Gasteiger partial charge in [0.25, 0.3) is 0 Å². The van der Waals surface area contributed by atoms with Crippen molar-refractivity contribution < 1.29 is 9.53 Å². The molecule has 0 bridgehead atoms. The summed E-state index contributed by atoms with van der Waals surface area (Å²) in [5.74, 6) is 0.784. The third-order valence-electron chi connectivity index (χ3n) is 4.16. The predicted molar refractivity (Wildman–Crippen MR) is 73.2 cm³/mol. The SMILES string of the molecule is CNC1(C(N)=O)CCCC1CCOCCC(C)C. The maximum atomic E-state index is 11.7. The summed E-state index contributed by atoms with van der Waals surface area (Å²) in [7, 11) is 1.84. The predicted octanol–water partition coefficient (Wildman–Crippen LogP) is 1.68. The Hall–Kier alpha value is -0.610. The fraction of sp³-hybridized carbons (Fsp3) is 0.929. The van der Waals surface area contributed by atoms with E-state index >= 15 is 0 Å². The minimum atomic E-state index is -0.499. The zero-order chi connectivity index (χ0) is 13.6. The highest BCUT2D eigenvalue weighted by molar-refractivity contribution is 5.85. The highest BCUT2D eigenvalue weighted by Crippen LogP contribution is 2.37. The lowest BCUT2D eigenvalue weighted by molar-refractivity contribution is -0.125. The summed E-state index contributed by atoms with van der Waals surface area (Å²) >= 11 is 0. The highest BCUT2D eigenvalue weighted by atomic mass is 16.5. The number of likely N-dealkylation sites (N-methyl/N-ethyl adjacent to an activating group) is 1. The molecule has 0 aromatic rings. The summed E-state index contributed by atoms with van der Waals surface area (Å²) in [6.45, 7) is 5.93. The van der Waals surface area contributed by atoms with Gasteiger partial charge in [-0.05, 0) is 44.6 Å². The Balaban J connectivity index is 2.34. The minimum Gasteiger partial charge on any atom is -0.381 e. The number of rotatable bonds is 8. The molecular formula is C14H28N2O2. The van der Waals surface area contributed by atoms with Crippen molar-refractivity contribution >= 4 is 5.91 Å². The molecule has 0 aromatic heterocycles. The molecule has 1 rings (SSSR count). The Kier molecular flexibility index (Phi) is 6.09. The average molecular weight is 256 g/mol. The van der Waals surface area contributed by atoms with E-state index in [2.05, 4.69) is 19.2 Å². The van der Waals surface area contributed by atoms with Crippen LogP contribution >= 0.6 is 0 Å². The molecule has 2 atom stereocenters. The van der Waals surface area contributed by atoms with Crippen LogP contribution in [0.5, 0.6) is 0 Å². The maximum absolute atomic E-state index is 11.7. The second kappa shape index (κ2) is 7.10. The Morgan fingerprint density at radius 1 is 1.50 bits per heavy atom. The van der Waals surface area contributed by atoms with Gasteiger partial charge in [-0.3, -0.25) is 4.79 Å². The molecule has 1 fully saturated rings. The number of hydrogen-bond donors (Lipinski definition) is 2. The summed E-state index contributed by atoms with van der Waals surface area (Å²) in [6.07, 6.45) is 5.01. The van der Waals surface area contributed by atoms with Crippen molar-refractivity contribution in [3.8, 4) is 0 Å². The fourth-order valence-electron chi connectivity index (χ4n) is 2.89. The van der Waals surface area contributed by atoms with Crippen molar-refractivity contribution in [3.05, 3.63) is 0 Å². The number of ether oxygens (including phenoxy) is 1. The Morgan fingerprint density at radius 3 is 2.78 bits per heavy atom. The van der Waals surface area contributed by atoms with Gasteiger partial charge in [-0.25, -0.2) is 0 Å². The lowest BCUT2D eigenvalue weighted by atomic mass is 9.84. The molecule has 4 heteroatoms. The molecule has 0 aromatic carbocycles. The van der Waals surface area contributed by atoms with Gasteiger partial charge in [-0.15, -0.1) is 0 Å². The Bertz CT molecular complexity index is 269. The van der Waals surface area contributed by atoms with Crippen molar-refractivity contribution in [1.29, 1.82) is 0 Å². The monoisotopic (exact) mass is 256 g/mol. The number of nitrogens with one attached hydrogen (secondary N) is 1. The van der Waals surface area contributed by atoms with Crippen LogP contribution in [0.1, 0.15) is 46.0 Å². The third kappa shape index (κ3) is 3.69. The van der Waals surface area contributed by atoms with Crippen molar-refractivity contribution in [2.24, 2.45) is 17.6 Å². The van der Waals surface area contributed by atoms with Crippen LogP contribution in [0.15, 0.2) is 0 Å². The number of hydrogen-bond acceptors (Lipinski definition) is 3. The molecule has 0 saturated heterocycles. The lowest BCUT2D eigenvalue weighted by Crippen LogP contribution is -2.56. The molecule has 0 heterocycles. The van der Waals surface area contributed by atoms with Gasteiger partial charge >= 0.3 is 0 Å². The summed E-state index contributed by atoms with van der Waals surface area (Å²) in [6, 6.07) is 0. The molecule has 4 nitrogen and oxygen atoms in total. The molecule has 1 aliphatic rings. The molecule has 106 valence electrons. The van der Waals surface area contributed by atoms with Gasteiger partial charge in [-0.1, -0.05) is 20.3 Å². The van der Waals surface area contributed by atoms with Gasteiger partial charge in [0, 0.05) is 13.2 Å². The van der Waals surface area contributed by atoms with Gasteiger partial charge in [0.2, 0.25) is 5.91 Å². The quantitative estimate of drug-likeness (QED) is 0.649. The molecule has 0 radical (unpaired) electrons. The number of carbonyl (C=O) groups excluding carboxylic acids is 1. The van der Waals surface area contributed by atoms with E-state index in [1.165, 1.54) is 0 Å². The van der Waals surface area contributed by atoms with E-state index < -0.39 is 5.54 Å². The van der Waals surface area contributed by atoms with Crippen LogP contribution in [0.4, 0.5) is 0 Å².